The van der Waals surface area contributed by atoms with E-state index in [0.717, 1.165) is 12.8 Å². The van der Waals surface area contributed by atoms with E-state index in [2.05, 4.69) is 12.2 Å². The molecule has 0 aliphatic rings. The van der Waals surface area contributed by atoms with E-state index in [9.17, 15) is 4.79 Å². The molecule has 2 aromatic carbocycles. The minimum absolute atomic E-state index is 0.302. The van der Waals surface area contributed by atoms with Crippen LogP contribution in [0.3, 0.4) is 0 Å². The Labute approximate surface area is 162 Å². The van der Waals surface area contributed by atoms with Crippen molar-refractivity contribution in [3.63, 3.8) is 0 Å². The lowest BCUT2D eigenvalue weighted by Gasteiger charge is -2.08. The van der Waals surface area contributed by atoms with E-state index in [1.54, 1.807) is 25.1 Å². The molecule has 0 saturated heterocycles. The molecule has 0 atom stereocenters. The molecular weight excluding hydrogens is 373 g/mol. The third-order valence-corrected chi connectivity index (χ3v) is 4.85. The Morgan fingerprint density at radius 3 is 2.81 bits per heavy atom. The highest BCUT2D eigenvalue weighted by molar-refractivity contribution is 6.44. The number of carbonyl (C=O) groups excluding carboxylic acids is 1. The van der Waals surface area contributed by atoms with Crippen LogP contribution in [0.2, 0.25) is 10.0 Å². The van der Waals surface area contributed by atoms with E-state index in [4.69, 9.17) is 32.4 Å². The molecule has 1 aromatic heterocycles. The molecule has 1 N–H and O–H groups in total. The van der Waals surface area contributed by atoms with Gasteiger partial charge in [-0.3, -0.25) is 4.79 Å². The van der Waals surface area contributed by atoms with Gasteiger partial charge in [0.2, 0.25) is 0 Å². The van der Waals surface area contributed by atoms with Gasteiger partial charge >= 0.3 is 0 Å². The van der Waals surface area contributed by atoms with E-state index in [0.29, 0.717) is 50.4 Å². The summed E-state index contributed by atoms with van der Waals surface area (Å²) in [6.07, 6.45) is 2.03. The zero-order chi connectivity index (χ0) is 18.7. The fourth-order valence-corrected chi connectivity index (χ4v) is 3.04. The number of amides is 1. The maximum absolute atomic E-state index is 12.8. The molecular formula is C20H19Cl2NO3. The fraction of sp³-hybridized carbons (Fsp3) is 0.250. The number of hydrogen-bond acceptors (Lipinski definition) is 3. The van der Waals surface area contributed by atoms with E-state index in [1.165, 1.54) is 0 Å². The van der Waals surface area contributed by atoms with Crippen LogP contribution in [0, 0.1) is 6.92 Å². The predicted octanol–water partition coefficient (Wildman–Crippen LogP) is 6.48. The topological polar surface area (TPSA) is 51.5 Å². The molecule has 3 aromatic rings. The Balaban J connectivity index is 1.92. The Kier molecular flexibility index (Phi) is 5.74. The number of fused-ring (bicyclic) bond motifs is 1. The first-order valence-electron chi connectivity index (χ1n) is 8.42. The van der Waals surface area contributed by atoms with Gasteiger partial charge in [-0.2, -0.15) is 0 Å². The number of ether oxygens (including phenoxy) is 1. The number of nitrogens with one attached hydrogen (secondary N) is 1. The van der Waals surface area contributed by atoms with Gasteiger partial charge in [0.05, 0.1) is 27.9 Å². The van der Waals surface area contributed by atoms with Gasteiger partial charge in [-0.15, -0.1) is 0 Å². The van der Waals surface area contributed by atoms with Gasteiger partial charge in [-0.25, -0.2) is 0 Å². The van der Waals surface area contributed by atoms with Crippen LogP contribution in [0.5, 0.6) is 5.75 Å². The summed E-state index contributed by atoms with van der Waals surface area (Å²) in [6, 6.07) is 10.6. The van der Waals surface area contributed by atoms with Crippen LogP contribution in [0.4, 0.5) is 5.69 Å². The zero-order valence-electron chi connectivity index (χ0n) is 14.6. The zero-order valence-corrected chi connectivity index (χ0v) is 16.1. The lowest BCUT2D eigenvalue weighted by Crippen LogP contribution is -2.13. The summed E-state index contributed by atoms with van der Waals surface area (Å²) in [7, 11) is 0. The summed E-state index contributed by atoms with van der Waals surface area (Å²) < 4.78 is 11.5. The molecule has 0 bridgehead atoms. The lowest BCUT2D eigenvalue weighted by atomic mass is 10.1. The SMILES string of the molecule is CCCCOc1ccc2oc(C)c(C(=O)Nc3cccc(Cl)c3Cl)c2c1. The van der Waals surface area contributed by atoms with Crippen molar-refractivity contribution >= 4 is 45.8 Å². The number of furan rings is 1. The minimum Gasteiger partial charge on any atom is -0.494 e. The molecule has 4 nitrogen and oxygen atoms in total. The van der Waals surface area contributed by atoms with Gasteiger partial charge in [0, 0.05) is 5.39 Å². The first kappa shape index (κ1) is 18.6. The van der Waals surface area contributed by atoms with Crippen molar-refractivity contribution in [1.82, 2.24) is 0 Å². The Morgan fingerprint density at radius 2 is 2.04 bits per heavy atom. The van der Waals surface area contributed by atoms with Crippen molar-refractivity contribution in [2.45, 2.75) is 26.7 Å². The monoisotopic (exact) mass is 391 g/mol. The molecule has 0 radical (unpaired) electrons. The molecule has 0 fully saturated rings. The number of anilines is 1. The number of rotatable bonds is 6. The number of halogens is 2. The van der Waals surface area contributed by atoms with Gasteiger partial charge in [-0.1, -0.05) is 42.6 Å². The molecule has 1 amide bonds. The summed E-state index contributed by atoms with van der Waals surface area (Å²) in [5, 5.41) is 4.18. The van der Waals surface area contributed by atoms with E-state index >= 15 is 0 Å². The Bertz CT molecular complexity index is 950. The van der Waals surface area contributed by atoms with E-state index < -0.39 is 0 Å². The van der Waals surface area contributed by atoms with E-state index in [1.807, 2.05) is 18.2 Å². The van der Waals surface area contributed by atoms with Crippen molar-refractivity contribution in [2.24, 2.45) is 0 Å². The number of benzene rings is 2. The molecule has 6 heteroatoms. The maximum atomic E-state index is 12.8. The van der Waals surface area contributed by atoms with Crippen LogP contribution in [0.1, 0.15) is 35.9 Å². The lowest BCUT2D eigenvalue weighted by molar-refractivity contribution is 0.102. The van der Waals surface area contributed by atoms with Crippen molar-refractivity contribution < 1.29 is 13.9 Å². The molecule has 3 rings (SSSR count). The second-order valence-corrected chi connectivity index (χ2v) is 6.73. The summed E-state index contributed by atoms with van der Waals surface area (Å²) >= 11 is 12.2. The third-order valence-electron chi connectivity index (χ3n) is 4.03. The minimum atomic E-state index is -0.309. The summed E-state index contributed by atoms with van der Waals surface area (Å²) in [5.74, 6) is 0.930. The first-order chi connectivity index (χ1) is 12.5. The molecule has 0 aliphatic carbocycles. The smallest absolute Gasteiger partial charge is 0.259 e. The predicted molar refractivity (Wildman–Crippen MR) is 106 cm³/mol. The molecule has 1 heterocycles. The molecule has 26 heavy (non-hydrogen) atoms. The van der Waals surface area contributed by atoms with Crippen LogP contribution in [0.25, 0.3) is 11.0 Å². The van der Waals surface area contributed by atoms with Crippen LogP contribution >= 0.6 is 23.2 Å². The van der Waals surface area contributed by atoms with Gasteiger partial charge in [0.25, 0.3) is 5.91 Å². The van der Waals surface area contributed by atoms with Crippen LogP contribution < -0.4 is 10.1 Å². The van der Waals surface area contributed by atoms with Crippen molar-refractivity contribution in [3.8, 4) is 5.75 Å². The quantitative estimate of drug-likeness (QED) is 0.489. The standard InChI is InChI=1S/C20H19Cl2NO3/c1-3-4-10-25-13-8-9-17-14(11-13)18(12(2)26-17)20(24)23-16-7-5-6-15(21)19(16)22/h5-9,11H,3-4,10H2,1-2H3,(H,23,24). The largest absolute Gasteiger partial charge is 0.494 e. The first-order valence-corrected chi connectivity index (χ1v) is 9.18. The Hall–Kier alpha value is -2.17. The molecule has 136 valence electrons. The van der Waals surface area contributed by atoms with Crippen molar-refractivity contribution in [1.29, 1.82) is 0 Å². The second-order valence-electron chi connectivity index (χ2n) is 5.95. The highest BCUT2D eigenvalue weighted by Gasteiger charge is 2.20. The maximum Gasteiger partial charge on any atom is 0.259 e. The van der Waals surface area contributed by atoms with Crippen molar-refractivity contribution in [3.05, 3.63) is 57.8 Å². The molecule has 0 aliphatic heterocycles. The molecule has 0 unspecified atom stereocenters. The summed E-state index contributed by atoms with van der Waals surface area (Å²) in [6.45, 7) is 4.50. The van der Waals surface area contributed by atoms with Crippen LogP contribution in [-0.2, 0) is 0 Å². The van der Waals surface area contributed by atoms with Gasteiger partial charge in [0.15, 0.2) is 0 Å². The Morgan fingerprint density at radius 1 is 1.23 bits per heavy atom. The average molecular weight is 392 g/mol. The normalized spacial score (nSPS) is 10.9. The highest BCUT2D eigenvalue weighted by Crippen LogP contribution is 2.33. The van der Waals surface area contributed by atoms with E-state index in [-0.39, 0.29) is 5.91 Å². The van der Waals surface area contributed by atoms with Gasteiger partial charge in [0.1, 0.15) is 17.1 Å². The number of unbranched alkanes of at least 4 members (excludes halogenated alkanes) is 1. The molecule has 0 saturated carbocycles. The fourth-order valence-electron chi connectivity index (χ4n) is 2.69. The average Bonchev–Trinajstić information content (AvgIpc) is 2.94. The highest BCUT2D eigenvalue weighted by atomic mass is 35.5. The second kappa shape index (κ2) is 8.02. The third kappa shape index (κ3) is 3.81. The summed E-state index contributed by atoms with van der Waals surface area (Å²) in [4.78, 5) is 12.8. The number of aryl methyl sites for hydroxylation is 1. The molecule has 0 spiro atoms. The summed E-state index contributed by atoms with van der Waals surface area (Å²) in [5.41, 5.74) is 1.54. The van der Waals surface area contributed by atoms with Crippen molar-refractivity contribution in [2.75, 3.05) is 11.9 Å². The van der Waals surface area contributed by atoms with Gasteiger partial charge in [-0.05, 0) is 43.7 Å². The van der Waals surface area contributed by atoms with Gasteiger partial charge < -0.3 is 14.5 Å². The van der Waals surface area contributed by atoms with Crippen LogP contribution in [-0.4, -0.2) is 12.5 Å². The van der Waals surface area contributed by atoms with Crippen LogP contribution in [0.15, 0.2) is 40.8 Å². The number of carbonyl (C=O) groups is 1. The number of hydrogen-bond donors (Lipinski definition) is 1.